The van der Waals surface area contributed by atoms with E-state index in [0.717, 1.165) is 24.2 Å². The second kappa shape index (κ2) is 5.25. The molecule has 1 nitrogen and oxygen atoms in total. The first-order chi connectivity index (χ1) is 9.55. The lowest BCUT2D eigenvalue weighted by atomic mass is 9.44. The van der Waals surface area contributed by atoms with Crippen LogP contribution in [0, 0.1) is 34.5 Å². The van der Waals surface area contributed by atoms with Crippen LogP contribution in [0.5, 0.6) is 0 Å². The van der Waals surface area contributed by atoms with Gasteiger partial charge in [0.25, 0.3) is 0 Å². The van der Waals surface area contributed by atoms with Gasteiger partial charge < -0.3 is 5.11 Å². The number of hydrogen-bond acceptors (Lipinski definition) is 1. The van der Waals surface area contributed by atoms with E-state index in [1.165, 1.54) is 57.8 Å². The predicted molar refractivity (Wildman–Crippen MR) is 89.1 cm³/mol. The van der Waals surface area contributed by atoms with Crippen molar-refractivity contribution in [1.82, 2.24) is 0 Å². The largest absolute Gasteiger partial charge is 0.393 e. The van der Waals surface area contributed by atoms with E-state index in [2.05, 4.69) is 13.8 Å². The predicted octanol–water partition coefficient (Wildman–Crippen LogP) is 5.42. The van der Waals surface area contributed by atoms with Gasteiger partial charge in [0.05, 0.1) is 6.10 Å². The molecule has 1 N–H and O–H groups in total. The Labute approximate surface area is 131 Å². The van der Waals surface area contributed by atoms with Crippen LogP contribution in [0.4, 0.5) is 0 Å². The van der Waals surface area contributed by atoms with Gasteiger partial charge in [-0.1, -0.05) is 40.5 Å². The fourth-order valence-corrected chi connectivity index (χ4v) is 7.43. The van der Waals surface area contributed by atoms with Gasteiger partial charge in [-0.25, -0.2) is 0 Å². The fourth-order valence-electron chi connectivity index (χ4n) is 7.43. The van der Waals surface area contributed by atoms with E-state index in [4.69, 9.17) is 0 Å². The zero-order chi connectivity index (χ0) is 14.0. The normalized spacial score (nSPS) is 55.9. The standard InChI is InChI=1S/C19H32O.CH4/c1-18-10-5-7-15(18)14-9-8-13-6-3-4-11-19(13,2)17(14)16(20)12-18;/h13-17,20H,3-12H2,1-2H3;1H4/t13?,14?,15?,16-,17?,18?,19?;/m0./s1. The van der Waals surface area contributed by atoms with Crippen LogP contribution < -0.4 is 0 Å². The molecule has 4 aliphatic rings. The maximum atomic E-state index is 11.0. The van der Waals surface area contributed by atoms with Gasteiger partial charge in [0, 0.05) is 0 Å². The summed E-state index contributed by atoms with van der Waals surface area (Å²) < 4.78 is 0. The lowest BCUT2D eigenvalue weighted by Gasteiger charge is -2.61. The number of aliphatic hydroxyl groups excluding tert-OH is 1. The van der Waals surface area contributed by atoms with Gasteiger partial charge in [0.2, 0.25) is 0 Å². The Hall–Kier alpha value is -0.0400. The Morgan fingerprint density at radius 2 is 1.71 bits per heavy atom. The van der Waals surface area contributed by atoms with Crippen molar-refractivity contribution in [1.29, 1.82) is 0 Å². The molecule has 4 rings (SSSR count). The van der Waals surface area contributed by atoms with E-state index < -0.39 is 0 Å². The van der Waals surface area contributed by atoms with Crippen LogP contribution in [0.1, 0.15) is 85.5 Å². The third kappa shape index (κ3) is 2.13. The van der Waals surface area contributed by atoms with Crippen molar-refractivity contribution in [3.63, 3.8) is 0 Å². The molecule has 0 aromatic carbocycles. The molecule has 0 radical (unpaired) electrons. The van der Waals surface area contributed by atoms with E-state index in [0.29, 0.717) is 16.7 Å². The van der Waals surface area contributed by atoms with Crippen LogP contribution in [-0.4, -0.2) is 11.2 Å². The molecular weight excluding hydrogens is 256 g/mol. The molecule has 122 valence electrons. The molecule has 0 aromatic heterocycles. The van der Waals surface area contributed by atoms with Crippen molar-refractivity contribution in [3.8, 4) is 0 Å². The summed E-state index contributed by atoms with van der Waals surface area (Å²) in [6, 6.07) is 0. The first kappa shape index (κ1) is 15.8. The summed E-state index contributed by atoms with van der Waals surface area (Å²) in [5, 5.41) is 11.0. The molecule has 4 fully saturated rings. The van der Waals surface area contributed by atoms with Crippen molar-refractivity contribution >= 4 is 0 Å². The van der Waals surface area contributed by atoms with Gasteiger partial charge in [-0.2, -0.15) is 0 Å². The molecular formula is C20H36O. The third-order valence-corrected chi connectivity index (χ3v) is 8.29. The van der Waals surface area contributed by atoms with Crippen LogP contribution >= 0.6 is 0 Å². The highest BCUT2D eigenvalue weighted by molar-refractivity contribution is 5.09. The van der Waals surface area contributed by atoms with E-state index in [9.17, 15) is 5.11 Å². The minimum atomic E-state index is -0.00903. The van der Waals surface area contributed by atoms with Gasteiger partial charge in [0.15, 0.2) is 0 Å². The van der Waals surface area contributed by atoms with E-state index >= 15 is 0 Å². The molecule has 0 amide bonds. The summed E-state index contributed by atoms with van der Waals surface area (Å²) in [7, 11) is 0. The minimum absolute atomic E-state index is 0. The van der Waals surface area contributed by atoms with E-state index in [1.807, 2.05) is 0 Å². The Bertz CT molecular complexity index is 391. The smallest absolute Gasteiger partial charge is 0.0581 e. The molecule has 4 saturated carbocycles. The summed E-state index contributed by atoms with van der Waals surface area (Å²) in [5.41, 5.74) is 0.933. The van der Waals surface area contributed by atoms with Gasteiger partial charge in [-0.3, -0.25) is 0 Å². The molecule has 4 aliphatic carbocycles. The van der Waals surface area contributed by atoms with Crippen LogP contribution in [0.2, 0.25) is 0 Å². The van der Waals surface area contributed by atoms with Crippen molar-refractivity contribution in [3.05, 3.63) is 0 Å². The highest BCUT2D eigenvalue weighted by atomic mass is 16.3. The number of fused-ring (bicyclic) bond motifs is 5. The second-order valence-corrected chi connectivity index (χ2v) is 9.14. The second-order valence-electron chi connectivity index (χ2n) is 9.14. The van der Waals surface area contributed by atoms with Gasteiger partial charge in [0.1, 0.15) is 0 Å². The molecule has 0 heterocycles. The van der Waals surface area contributed by atoms with Crippen LogP contribution in [0.3, 0.4) is 0 Å². The van der Waals surface area contributed by atoms with Crippen LogP contribution in [0.15, 0.2) is 0 Å². The molecule has 0 aliphatic heterocycles. The summed E-state index contributed by atoms with van der Waals surface area (Å²) in [6.07, 6.45) is 13.9. The summed E-state index contributed by atoms with van der Waals surface area (Å²) in [4.78, 5) is 0. The zero-order valence-corrected chi connectivity index (χ0v) is 13.4. The number of hydrogen-bond donors (Lipinski definition) is 1. The quantitative estimate of drug-likeness (QED) is 0.632. The molecule has 0 bridgehead atoms. The Kier molecular flexibility index (Phi) is 3.96. The molecule has 0 aromatic rings. The van der Waals surface area contributed by atoms with Crippen molar-refractivity contribution in [2.75, 3.05) is 0 Å². The highest BCUT2D eigenvalue weighted by Gasteiger charge is 2.60. The lowest BCUT2D eigenvalue weighted by Crippen LogP contribution is -2.57. The van der Waals surface area contributed by atoms with E-state index in [-0.39, 0.29) is 13.5 Å². The topological polar surface area (TPSA) is 20.2 Å². The molecule has 0 saturated heterocycles. The van der Waals surface area contributed by atoms with Crippen molar-refractivity contribution in [2.24, 2.45) is 34.5 Å². The first-order valence-corrected chi connectivity index (χ1v) is 9.23. The maximum Gasteiger partial charge on any atom is 0.0581 e. The third-order valence-electron chi connectivity index (χ3n) is 8.29. The minimum Gasteiger partial charge on any atom is -0.393 e. The summed E-state index contributed by atoms with van der Waals surface area (Å²) in [6.45, 7) is 5.04. The van der Waals surface area contributed by atoms with Crippen LogP contribution in [-0.2, 0) is 0 Å². The van der Waals surface area contributed by atoms with Crippen molar-refractivity contribution < 1.29 is 5.11 Å². The zero-order valence-electron chi connectivity index (χ0n) is 13.4. The molecule has 7 atom stereocenters. The molecule has 0 spiro atoms. The van der Waals surface area contributed by atoms with Crippen LogP contribution in [0.25, 0.3) is 0 Å². The SMILES string of the molecule is C.CC12CCCC1C1CCC3CCCCC3(C)C1[C@@H](O)C2. The monoisotopic (exact) mass is 292 g/mol. The average molecular weight is 293 g/mol. The van der Waals surface area contributed by atoms with E-state index in [1.54, 1.807) is 0 Å². The van der Waals surface area contributed by atoms with Gasteiger partial charge in [-0.05, 0) is 79.4 Å². The fraction of sp³-hybridized carbons (Fsp3) is 1.00. The Balaban J connectivity index is 0.00000132. The number of rotatable bonds is 0. The van der Waals surface area contributed by atoms with Gasteiger partial charge in [-0.15, -0.1) is 0 Å². The Morgan fingerprint density at radius 3 is 2.52 bits per heavy atom. The highest BCUT2D eigenvalue weighted by Crippen LogP contribution is 2.66. The lowest BCUT2D eigenvalue weighted by molar-refractivity contribution is -0.162. The first-order valence-electron chi connectivity index (χ1n) is 9.23. The summed E-state index contributed by atoms with van der Waals surface area (Å²) >= 11 is 0. The van der Waals surface area contributed by atoms with Gasteiger partial charge >= 0.3 is 0 Å². The Morgan fingerprint density at radius 1 is 0.905 bits per heavy atom. The molecule has 1 heteroatoms. The maximum absolute atomic E-state index is 11.0. The molecule has 6 unspecified atom stereocenters. The number of aliphatic hydroxyl groups is 1. The summed E-state index contributed by atoms with van der Waals surface area (Å²) in [5.74, 6) is 3.30. The molecule has 21 heavy (non-hydrogen) atoms. The average Bonchev–Trinajstić information content (AvgIpc) is 2.78. The van der Waals surface area contributed by atoms with Crippen molar-refractivity contribution in [2.45, 2.75) is 91.6 Å².